The van der Waals surface area contributed by atoms with E-state index in [2.05, 4.69) is 31.8 Å². The second kappa shape index (κ2) is 7.45. The maximum atomic E-state index is 13.4. The number of fused-ring (bicyclic) bond motifs is 1. The van der Waals surface area contributed by atoms with Gasteiger partial charge in [-0.15, -0.1) is 10.2 Å². The number of piperidine rings is 1. The van der Waals surface area contributed by atoms with Gasteiger partial charge in [-0.1, -0.05) is 36.8 Å². The predicted molar refractivity (Wildman–Crippen MR) is 106 cm³/mol. The molecule has 2 aromatic rings. The van der Waals surface area contributed by atoms with E-state index >= 15 is 0 Å². The minimum Gasteiger partial charge on any atom is -0.341 e. The van der Waals surface area contributed by atoms with E-state index in [1.54, 1.807) is 0 Å². The van der Waals surface area contributed by atoms with Gasteiger partial charge in [-0.05, 0) is 45.1 Å². The van der Waals surface area contributed by atoms with Gasteiger partial charge >= 0.3 is 0 Å². The molecular formula is C22H30N4O. The van der Waals surface area contributed by atoms with Crippen molar-refractivity contribution in [1.82, 2.24) is 19.7 Å². The van der Waals surface area contributed by atoms with Gasteiger partial charge in [0.25, 0.3) is 0 Å². The summed E-state index contributed by atoms with van der Waals surface area (Å²) in [4.78, 5) is 15.4. The number of hydrogen-bond donors (Lipinski definition) is 0. The molecule has 3 heterocycles. The fraction of sp³-hybridized carbons (Fsp3) is 0.591. The first-order valence-corrected chi connectivity index (χ1v) is 10.3. The topological polar surface area (TPSA) is 51.0 Å². The number of aromatic nitrogens is 3. The lowest BCUT2D eigenvalue weighted by Gasteiger charge is -2.37. The monoisotopic (exact) mass is 366 g/mol. The standard InChI is InChI=1S/C22H30N4O/c1-22(2,18-11-5-3-6-12-18)21(27)25-14-9-10-17(16-25)20-24-23-19-13-7-4-8-15-26(19)20/h3,5-6,11-12,17H,4,7-10,13-16H2,1-2H3. The maximum Gasteiger partial charge on any atom is 0.232 e. The smallest absolute Gasteiger partial charge is 0.232 e. The third-order valence-corrected chi connectivity index (χ3v) is 6.24. The van der Waals surface area contributed by atoms with Gasteiger partial charge in [0.15, 0.2) is 0 Å². The molecule has 27 heavy (non-hydrogen) atoms. The molecule has 1 amide bonds. The van der Waals surface area contributed by atoms with Gasteiger partial charge in [-0.3, -0.25) is 4.79 Å². The molecular weight excluding hydrogens is 336 g/mol. The Labute approximate surface area is 161 Å². The number of benzene rings is 1. The molecule has 0 spiro atoms. The molecule has 2 aliphatic rings. The molecule has 144 valence electrons. The van der Waals surface area contributed by atoms with Crippen LogP contribution in [-0.4, -0.2) is 38.7 Å². The van der Waals surface area contributed by atoms with Crippen molar-refractivity contribution in [3.05, 3.63) is 47.5 Å². The van der Waals surface area contributed by atoms with Crippen LogP contribution >= 0.6 is 0 Å². The van der Waals surface area contributed by atoms with Crippen molar-refractivity contribution in [2.24, 2.45) is 0 Å². The van der Waals surface area contributed by atoms with E-state index in [0.29, 0.717) is 5.92 Å². The quantitative estimate of drug-likeness (QED) is 0.832. The number of rotatable bonds is 3. The number of carbonyl (C=O) groups excluding carboxylic acids is 1. The van der Waals surface area contributed by atoms with Crippen LogP contribution in [0.4, 0.5) is 0 Å². The summed E-state index contributed by atoms with van der Waals surface area (Å²) in [5.41, 5.74) is 0.568. The summed E-state index contributed by atoms with van der Waals surface area (Å²) in [7, 11) is 0. The Hall–Kier alpha value is -2.17. The minimum atomic E-state index is -0.509. The number of aryl methyl sites for hydroxylation is 1. The highest BCUT2D eigenvalue weighted by Crippen LogP contribution is 2.32. The Morgan fingerprint density at radius 3 is 2.67 bits per heavy atom. The number of hydrogen-bond acceptors (Lipinski definition) is 3. The Bertz CT molecular complexity index is 796. The molecule has 1 saturated heterocycles. The largest absolute Gasteiger partial charge is 0.341 e. The number of nitrogens with zero attached hydrogens (tertiary/aromatic N) is 4. The Balaban J connectivity index is 1.53. The molecule has 4 rings (SSSR count). The first-order valence-electron chi connectivity index (χ1n) is 10.3. The number of likely N-dealkylation sites (tertiary alicyclic amines) is 1. The van der Waals surface area contributed by atoms with E-state index in [9.17, 15) is 4.79 Å². The van der Waals surface area contributed by atoms with Crippen LogP contribution in [0.15, 0.2) is 30.3 Å². The molecule has 1 unspecified atom stereocenters. The van der Waals surface area contributed by atoms with Crippen LogP contribution in [0, 0.1) is 0 Å². The van der Waals surface area contributed by atoms with Crippen molar-refractivity contribution in [1.29, 1.82) is 0 Å². The average molecular weight is 367 g/mol. The summed E-state index contributed by atoms with van der Waals surface area (Å²) in [5.74, 6) is 2.75. The van der Waals surface area contributed by atoms with Gasteiger partial charge < -0.3 is 9.47 Å². The lowest BCUT2D eigenvalue weighted by atomic mass is 9.82. The van der Waals surface area contributed by atoms with Crippen LogP contribution in [-0.2, 0) is 23.2 Å². The number of carbonyl (C=O) groups is 1. The van der Waals surface area contributed by atoms with Crippen LogP contribution in [0.1, 0.15) is 69.1 Å². The van der Waals surface area contributed by atoms with Crippen molar-refractivity contribution in [2.75, 3.05) is 13.1 Å². The van der Waals surface area contributed by atoms with Crippen LogP contribution < -0.4 is 0 Å². The van der Waals surface area contributed by atoms with E-state index in [4.69, 9.17) is 0 Å². The second-order valence-electron chi connectivity index (χ2n) is 8.52. The predicted octanol–water partition coefficient (Wildman–Crippen LogP) is 3.69. The zero-order valence-corrected chi connectivity index (χ0v) is 16.5. The highest BCUT2D eigenvalue weighted by molar-refractivity contribution is 5.87. The van der Waals surface area contributed by atoms with Crippen LogP contribution in [0.3, 0.4) is 0 Å². The second-order valence-corrected chi connectivity index (χ2v) is 8.52. The molecule has 0 bridgehead atoms. The van der Waals surface area contributed by atoms with Gasteiger partial charge in [-0.2, -0.15) is 0 Å². The molecule has 1 fully saturated rings. The lowest BCUT2D eigenvalue weighted by Crippen LogP contribution is -2.47. The first kappa shape index (κ1) is 18.2. The fourth-order valence-electron chi connectivity index (χ4n) is 4.56. The molecule has 2 aliphatic heterocycles. The van der Waals surface area contributed by atoms with Crippen LogP contribution in [0.25, 0.3) is 0 Å². The minimum absolute atomic E-state index is 0.217. The van der Waals surface area contributed by atoms with Crippen LogP contribution in [0.2, 0.25) is 0 Å². The van der Waals surface area contributed by atoms with Gasteiger partial charge in [-0.25, -0.2) is 0 Å². The zero-order chi connectivity index (χ0) is 18.9. The molecule has 1 aromatic heterocycles. The van der Waals surface area contributed by atoms with Crippen molar-refractivity contribution in [3.8, 4) is 0 Å². The molecule has 0 aliphatic carbocycles. The zero-order valence-electron chi connectivity index (χ0n) is 16.5. The normalized spacial score (nSPS) is 20.8. The van der Waals surface area contributed by atoms with Crippen molar-refractivity contribution in [3.63, 3.8) is 0 Å². The summed E-state index contributed by atoms with van der Waals surface area (Å²) in [5, 5.41) is 9.02. The molecule has 1 atom stereocenters. The van der Waals surface area contributed by atoms with E-state index in [-0.39, 0.29) is 5.91 Å². The molecule has 0 radical (unpaired) electrons. The molecule has 1 aromatic carbocycles. The van der Waals surface area contributed by atoms with Crippen LogP contribution in [0.5, 0.6) is 0 Å². The lowest BCUT2D eigenvalue weighted by molar-refractivity contribution is -0.137. The summed E-state index contributed by atoms with van der Waals surface area (Å²) >= 11 is 0. The molecule has 0 saturated carbocycles. The van der Waals surface area contributed by atoms with Crippen molar-refractivity contribution in [2.45, 2.75) is 70.3 Å². The van der Waals surface area contributed by atoms with Crippen molar-refractivity contribution < 1.29 is 4.79 Å². The van der Waals surface area contributed by atoms with E-state index in [1.165, 1.54) is 19.3 Å². The Kier molecular flexibility index (Phi) is 5.02. The Morgan fingerprint density at radius 1 is 1.04 bits per heavy atom. The van der Waals surface area contributed by atoms with E-state index < -0.39 is 5.41 Å². The maximum absolute atomic E-state index is 13.4. The molecule has 5 heteroatoms. The van der Waals surface area contributed by atoms with Gasteiger partial charge in [0, 0.05) is 32.0 Å². The summed E-state index contributed by atoms with van der Waals surface area (Å²) in [6, 6.07) is 10.1. The van der Waals surface area contributed by atoms with Gasteiger partial charge in [0.05, 0.1) is 5.41 Å². The van der Waals surface area contributed by atoms with Gasteiger partial charge in [0.2, 0.25) is 5.91 Å². The van der Waals surface area contributed by atoms with Crippen molar-refractivity contribution >= 4 is 5.91 Å². The molecule has 5 nitrogen and oxygen atoms in total. The SMILES string of the molecule is CC(C)(C(=O)N1CCCC(c2nnc3n2CCCCC3)C1)c1ccccc1. The molecule has 0 N–H and O–H groups in total. The third-order valence-electron chi connectivity index (χ3n) is 6.24. The number of amides is 1. The highest BCUT2D eigenvalue weighted by Gasteiger charge is 2.37. The summed E-state index contributed by atoms with van der Waals surface area (Å²) < 4.78 is 2.34. The van der Waals surface area contributed by atoms with Gasteiger partial charge in [0.1, 0.15) is 11.6 Å². The summed E-state index contributed by atoms with van der Waals surface area (Å²) in [6.45, 7) is 6.70. The summed E-state index contributed by atoms with van der Waals surface area (Å²) in [6.07, 6.45) is 6.83. The highest BCUT2D eigenvalue weighted by atomic mass is 16.2. The average Bonchev–Trinajstić information content (AvgIpc) is 2.96. The van der Waals surface area contributed by atoms with E-state index in [0.717, 1.165) is 56.1 Å². The Morgan fingerprint density at radius 2 is 1.85 bits per heavy atom. The fourth-order valence-corrected chi connectivity index (χ4v) is 4.56. The van der Waals surface area contributed by atoms with E-state index in [1.807, 2.05) is 32.0 Å². The third kappa shape index (κ3) is 3.52. The first-order chi connectivity index (χ1) is 13.1.